The van der Waals surface area contributed by atoms with E-state index in [-0.39, 0.29) is 5.91 Å². The number of carbonyl (C=O) groups is 1. The zero-order valence-electron chi connectivity index (χ0n) is 18.9. The lowest BCUT2D eigenvalue weighted by molar-refractivity contribution is -0.132. The molecule has 0 saturated carbocycles. The maximum Gasteiger partial charge on any atom is 0.223 e. The van der Waals surface area contributed by atoms with E-state index in [0.29, 0.717) is 18.9 Å². The molecule has 4 rings (SSSR count). The number of anilines is 1. The van der Waals surface area contributed by atoms with E-state index in [0.717, 1.165) is 73.1 Å². The summed E-state index contributed by atoms with van der Waals surface area (Å²) in [6, 6.07) is 7.93. The van der Waals surface area contributed by atoms with Crippen molar-refractivity contribution in [2.45, 2.75) is 44.6 Å². The molecule has 1 fully saturated rings. The summed E-state index contributed by atoms with van der Waals surface area (Å²) in [4.78, 5) is 27.1. The molecule has 0 aliphatic carbocycles. The summed E-state index contributed by atoms with van der Waals surface area (Å²) in [5, 5.41) is 3.27. The number of likely N-dealkylation sites (N-methyl/N-ethyl adjacent to an activating group) is 1. The Hall–Kier alpha value is -2.67. The van der Waals surface area contributed by atoms with Gasteiger partial charge in [0.1, 0.15) is 17.4 Å². The SMILES string of the molecule is CNc1nc([C@@H]2CCCN(C)C2)nc2c1CCN(C(=O)CCc1ccc(OC)cc1)C2. The summed E-state index contributed by atoms with van der Waals surface area (Å²) >= 11 is 0. The topological polar surface area (TPSA) is 70.6 Å². The summed E-state index contributed by atoms with van der Waals surface area (Å²) in [6.07, 6.45) is 4.33. The number of rotatable bonds is 6. The van der Waals surface area contributed by atoms with Crippen LogP contribution in [0.5, 0.6) is 5.75 Å². The van der Waals surface area contributed by atoms with Gasteiger partial charge in [0, 0.05) is 38.0 Å². The van der Waals surface area contributed by atoms with Crippen LogP contribution >= 0.6 is 0 Å². The third kappa shape index (κ3) is 4.98. The normalized spacial score (nSPS) is 19.1. The second-order valence-corrected chi connectivity index (χ2v) is 8.62. The van der Waals surface area contributed by atoms with Gasteiger partial charge < -0.3 is 19.9 Å². The second kappa shape index (κ2) is 9.64. The summed E-state index contributed by atoms with van der Waals surface area (Å²) < 4.78 is 5.21. The predicted octanol–water partition coefficient (Wildman–Crippen LogP) is 2.85. The number of likely N-dealkylation sites (tertiary alicyclic amines) is 1. The summed E-state index contributed by atoms with van der Waals surface area (Å²) in [5.41, 5.74) is 3.32. The maximum atomic E-state index is 12.9. The van der Waals surface area contributed by atoms with Crippen molar-refractivity contribution in [3.63, 3.8) is 0 Å². The smallest absolute Gasteiger partial charge is 0.223 e. The van der Waals surface area contributed by atoms with E-state index >= 15 is 0 Å². The third-order valence-electron chi connectivity index (χ3n) is 6.45. The van der Waals surface area contributed by atoms with Gasteiger partial charge in [-0.15, -0.1) is 0 Å². The lowest BCUT2D eigenvalue weighted by Crippen LogP contribution is -2.38. The van der Waals surface area contributed by atoms with E-state index in [9.17, 15) is 4.79 Å². The monoisotopic (exact) mass is 423 g/mol. The molecule has 3 heterocycles. The van der Waals surface area contributed by atoms with E-state index in [1.807, 2.05) is 36.2 Å². The fraction of sp³-hybridized carbons (Fsp3) is 0.542. The Morgan fingerprint density at radius 1 is 1.23 bits per heavy atom. The first-order chi connectivity index (χ1) is 15.1. The Balaban J connectivity index is 1.44. The Labute approximate surface area is 184 Å². The summed E-state index contributed by atoms with van der Waals surface area (Å²) in [6.45, 7) is 3.42. The van der Waals surface area contributed by atoms with Gasteiger partial charge in [-0.25, -0.2) is 9.97 Å². The lowest BCUT2D eigenvalue weighted by Gasteiger charge is -2.32. The quantitative estimate of drug-likeness (QED) is 0.771. The number of benzene rings is 1. The molecule has 2 aliphatic heterocycles. The zero-order chi connectivity index (χ0) is 21.8. The van der Waals surface area contributed by atoms with E-state index < -0.39 is 0 Å². The van der Waals surface area contributed by atoms with Crippen molar-refractivity contribution in [3.8, 4) is 5.75 Å². The number of hydrogen-bond acceptors (Lipinski definition) is 6. The number of carbonyl (C=O) groups excluding carboxylic acids is 1. The van der Waals surface area contributed by atoms with E-state index in [4.69, 9.17) is 14.7 Å². The largest absolute Gasteiger partial charge is 0.497 e. The Kier molecular flexibility index (Phi) is 6.70. The van der Waals surface area contributed by atoms with Gasteiger partial charge in [0.15, 0.2) is 0 Å². The molecule has 7 nitrogen and oxygen atoms in total. The number of amides is 1. The number of methoxy groups -OCH3 is 1. The molecular weight excluding hydrogens is 390 g/mol. The molecule has 1 aromatic carbocycles. The molecule has 1 atom stereocenters. The van der Waals surface area contributed by atoms with Gasteiger partial charge in [0.05, 0.1) is 19.3 Å². The summed E-state index contributed by atoms with van der Waals surface area (Å²) in [5.74, 6) is 3.23. The fourth-order valence-electron chi connectivity index (χ4n) is 4.63. The molecule has 0 radical (unpaired) electrons. The van der Waals surface area contributed by atoms with Crippen LogP contribution in [0.2, 0.25) is 0 Å². The highest BCUT2D eigenvalue weighted by atomic mass is 16.5. The molecule has 0 unspecified atom stereocenters. The molecule has 1 amide bonds. The van der Waals surface area contributed by atoms with E-state index in [1.165, 1.54) is 6.42 Å². The van der Waals surface area contributed by atoms with Gasteiger partial charge in [0.25, 0.3) is 0 Å². The Morgan fingerprint density at radius 2 is 2.03 bits per heavy atom. The average molecular weight is 424 g/mol. The van der Waals surface area contributed by atoms with Crippen LogP contribution in [0.25, 0.3) is 0 Å². The first kappa shape index (κ1) is 21.6. The molecule has 0 spiro atoms. The van der Waals surface area contributed by atoms with Gasteiger partial charge in [-0.05, 0) is 57.0 Å². The van der Waals surface area contributed by atoms with Crippen LogP contribution < -0.4 is 10.1 Å². The first-order valence-electron chi connectivity index (χ1n) is 11.2. The third-order valence-corrected chi connectivity index (χ3v) is 6.45. The number of piperidine rings is 1. The van der Waals surface area contributed by atoms with Crippen LogP contribution in [0.3, 0.4) is 0 Å². The van der Waals surface area contributed by atoms with Crippen molar-refractivity contribution in [2.75, 3.05) is 46.2 Å². The molecule has 2 aliphatic rings. The van der Waals surface area contributed by atoms with Crippen molar-refractivity contribution in [3.05, 3.63) is 46.9 Å². The predicted molar refractivity (Wildman–Crippen MR) is 121 cm³/mol. The minimum atomic E-state index is 0.185. The van der Waals surface area contributed by atoms with Crippen LogP contribution in [-0.2, 0) is 24.2 Å². The Morgan fingerprint density at radius 3 is 2.74 bits per heavy atom. The average Bonchev–Trinajstić information content (AvgIpc) is 2.81. The van der Waals surface area contributed by atoms with Gasteiger partial charge >= 0.3 is 0 Å². The number of aromatic nitrogens is 2. The standard InChI is InChI=1S/C24H33N5O2/c1-25-24-20-12-14-29(22(30)11-8-17-6-9-19(31-3)10-7-17)16-21(20)26-23(27-24)18-5-4-13-28(2)15-18/h6-7,9-10,18H,4-5,8,11-16H2,1-3H3,(H,25,26,27)/t18-/m1/s1. The van der Waals surface area contributed by atoms with Gasteiger partial charge in [-0.2, -0.15) is 0 Å². The Bertz CT molecular complexity index is 915. The lowest BCUT2D eigenvalue weighted by atomic mass is 9.96. The number of aryl methyl sites for hydroxylation is 1. The molecule has 31 heavy (non-hydrogen) atoms. The first-order valence-corrected chi connectivity index (χ1v) is 11.2. The van der Waals surface area contributed by atoms with Crippen LogP contribution in [0.1, 0.15) is 47.8 Å². The number of ether oxygens (including phenoxy) is 1. The minimum Gasteiger partial charge on any atom is -0.497 e. The zero-order valence-corrected chi connectivity index (χ0v) is 18.9. The molecule has 1 aromatic heterocycles. The maximum absolute atomic E-state index is 12.9. The highest BCUT2D eigenvalue weighted by Crippen LogP contribution is 2.29. The molecule has 0 bridgehead atoms. The van der Waals surface area contributed by atoms with Crippen molar-refractivity contribution in [1.29, 1.82) is 0 Å². The second-order valence-electron chi connectivity index (χ2n) is 8.62. The molecule has 1 N–H and O–H groups in total. The fourth-order valence-corrected chi connectivity index (χ4v) is 4.63. The van der Waals surface area contributed by atoms with Crippen LogP contribution in [0.4, 0.5) is 5.82 Å². The van der Waals surface area contributed by atoms with Crippen molar-refractivity contribution < 1.29 is 9.53 Å². The van der Waals surface area contributed by atoms with Crippen molar-refractivity contribution in [2.24, 2.45) is 0 Å². The molecule has 2 aromatic rings. The molecule has 166 valence electrons. The highest BCUT2D eigenvalue weighted by molar-refractivity contribution is 5.77. The van der Waals surface area contributed by atoms with Crippen molar-refractivity contribution in [1.82, 2.24) is 19.8 Å². The number of fused-ring (bicyclic) bond motifs is 1. The van der Waals surface area contributed by atoms with Crippen LogP contribution in [0.15, 0.2) is 24.3 Å². The number of nitrogens with zero attached hydrogens (tertiary/aromatic N) is 4. The van der Waals surface area contributed by atoms with Gasteiger partial charge in [-0.1, -0.05) is 12.1 Å². The van der Waals surface area contributed by atoms with Crippen LogP contribution in [-0.4, -0.2) is 66.5 Å². The van der Waals surface area contributed by atoms with Gasteiger partial charge in [-0.3, -0.25) is 4.79 Å². The van der Waals surface area contributed by atoms with E-state index in [1.54, 1.807) is 7.11 Å². The summed E-state index contributed by atoms with van der Waals surface area (Å²) in [7, 11) is 5.74. The minimum absolute atomic E-state index is 0.185. The van der Waals surface area contributed by atoms with Gasteiger partial charge in [0.2, 0.25) is 5.91 Å². The van der Waals surface area contributed by atoms with Crippen molar-refractivity contribution >= 4 is 11.7 Å². The van der Waals surface area contributed by atoms with E-state index in [2.05, 4.69) is 17.3 Å². The molecule has 7 heteroatoms. The number of hydrogen-bond donors (Lipinski definition) is 1. The number of nitrogens with one attached hydrogen (secondary N) is 1. The van der Waals surface area contributed by atoms with Crippen LogP contribution in [0, 0.1) is 0 Å². The molecular formula is C24H33N5O2. The highest BCUT2D eigenvalue weighted by Gasteiger charge is 2.28. The molecule has 1 saturated heterocycles.